The van der Waals surface area contributed by atoms with Gasteiger partial charge in [0.2, 0.25) is 0 Å². The van der Waals surface area contributed by atoms with Gasteiger partial charge in [-0.3, -0.25) is 10.0 Å². The Kier molecular flexibility index (Phi) is 7.99. The number of hydroxylamine groups is 1. The second-order valence-corrected chi connectivity index (χ2v) is 9.17. The van der Waals surface area contributed by atoms with Gasteiger partial charge in [-0.15, -0.1) is 25.6 Å². The van der Waals surface area contributed by atoms with Gasteiger partial charge in [-0.05, 0) is 74.5 Å². The Morgan fingerprint density at radius 2 is 1.50 bits per heavy atom. The van der Waals surface area contributed by atoms with Gasteiger partial charge in [-0.25, -0.2) is 13.9 Å². The minimum absolute atomic E-state index is 0. The molecule has 13 heteroatoms. The second kappa shape index (κ2) is 9.94. The monoisotopic (exact) mass is 495 g/mol. The lowest BCUT2D eigenvalue weighted by Crippen LogP contribution is -2.57. The molecule has 0 aliphatic carbocycles. The SMILES string of the molecule is Cl.O=C(NO)C1(S(=O)(=O)c2ccc(Nc3ccc(OC(F)(F)F)cc3)cc2)CCNCC1. The normalized spacial score (nSPS) is 15.9. The van der Waals surface area contributed by atoms with Crippen molar-refractivity contribution in [2.45, 2.75) is 28.8 Å². The van der Waals surface area contributed by atoms with Crippen LogP contribution in [0.15, 0.2) is 53.4 Å². The van der Waals surface area contributed by atoms with Gasteiger partial charge in [0.15, 0.2) is 14.6 Å². The van der Waals surface area contributed by atoms with Gasteiger partial charge >= 0.3 is 6.36 Å². The number of rotatable bonds is 6. The minimum atomic E-state index is -4.78. The van der Waals surface area contributed by atoms with E-state index >= 15 is 0 Å². The summed E-state index contributed by atoms with van der Waals surface area (Å²) >= 11 is 0. The maximum absolute atomic E-state index is 13.2. The average Bonchev–Trinajstić information content (AvgIpc) is 2.74. The van der Waals surface area contributed by atoms with E-state index in [0.29, 0.717) is 24.5 Å². The van der Waals surface area contributed by atoms with Crippen molar-refractivity contribution >= 4 is 39.5 Å². The molecule has 0 aromatic heterocycles. The molecule has 2 aromatic carbocycles. The number of anilines is 2. The number of amides is 1. The zero-order valence-electron chi connectivity index (χ0n) is 16.5. The first-order chi connectivity index (χ1) is 14.6. The van der Waals surface area contributed by atoms with Crippen LogP contribution < -0.4 is 20.9 Å². The third-order valence-electron chi connectivity index (χ3n) is 4.98. The topological polar surface area (TPSA) is 117 Å². The molecule has 8 nitrogen and oxygen atoms in total. The van der Waals surface area contributed by atoms with E-state index in [1.165, 1.54) is 41.9 Å². The molecule has 0 atom stereocenters. The number of piperidine rings is 1. The lowest BCUT2D eigenvalue weighted by Gasteiger charge is -2.34. The van der Waals surface area contributed by atoms with E-state index in [4.69, 9.17) is 5.21 Å². The van der Waals surface area contributed by atoms with E-state index in [0.717, 1.165) is 12.1 Å². The van der Waals surface area contributed by atoms with Crippen molar-refractivity contribution in [1.82, 2.24) is 10.8 Å². The van der Waals surface area contributed by atoms with Gasteiger partial charge in [-0.2, -0.15) is 0 Å². The van der Waals surface area contributed by atoms with Crippen LogP contribution in [0.2, 0.25) is 0 Å². The summed E-state index contributed by atoms with van der Waals surface area (Å²) in [5, 5.41) is 15.0. The third kappa shape index (κ3) is 5.44. The molecule has 2 aromatic rings. The Balaban J connectivity index is 0.00000363. The molecule has 1 saturated heterocycles. The number of sulfone groups is 1. The summed E-state index contributed by atoms with van der Waals surface area (Å²) < 4.78 is 65.1. The van der Waals surface area contributed by atoms with Crippen LogP contribution in [0.5, 0.6) is 5.75 Å². The fourth-order valence-electron chi connectivity index (χ4n) is 3.40. The van der Waals surface area contributed by atoms with Gasteiger partial charge in [0, 0.05) is 11.4 Å². The summed E-state index contributed by atoms with van der Waals surface area (Å²) in [6.07, 6.45) is -4.77. The third-order valence-corrected chi connectivity index (χ3v) is 7.50. The lowest BCUT2D eigenvalue weighted by molar-refractivity contribution is -0.274. The highest BCUT2D eigenvalue weighted by atomic mass is 35.5. The average molecular weight is 496 g/mol. The smallest absolute Gasteiger partial charge is 0.406 e. The summed E-state index contributed by atoms with van der Waals surface area (Å²) in [6.45, 7) is 0.612. The Hall–Kier alpha value is -2.54. The molecule has 32 heavy (non-hydrogen) atoms. The van der Waals surface area contributed by atoms with Crippen molar-refractivity contribution in [3.63, 3.8) is 0 Å². The van der Waals surface area contributed by atoms with E-state index in [9.17, 15) is 26.4 Å². The maximum Gasteiger partial charge on any atom is 0.573 e. The van der Waals surface area contributed by atoms with Gasteiger partial charge in [0.05, 0.1) is 4.90 Å². The Labute approximate surface area is 188 Å². The molecular formula is C19H21ClF3N3O5S. The van der Waals surface area contributed by atoms with Crippen molar-refractivity contribution in [3.8, 4) is 5.75 Å². The van der Waals surface area contributed by atoms with E-state index in [1.54, 1.807) is 0 Å². The predicted octanol–water partition coefficient (Wildman–Crippen LogP) is 3.15. The molecule has 176 valence electrons. The summed E-state index contributed by atoms with van der Waals surface area (Å²) in [5.41, 5.74) is 2.41. The van der Waals surface area contributed by atoms with Crippen LogP contribution in [0.1, 0.15) is 12.8 Å². The van der Waals surface area contributed by atoms with Crippen molar-refractivity contribution in [1.29, 1.82) is 0 Å². The van der Waals surface area contributed by atoms with E-state index in [-0.39, 0.29) is 35.9 Å². The van der Waals surface area contributed by atoms with Crippen molar-refractivity contribution < 1.29 is 36.3 Å². The van der Waals surface area contributed by atoms with Crippen LogP contribution in [-0.4, -0.2) is 43.7 Å². The number of ether oxygens (including phenoxy) is 1. The van der Waals surface area contributed by atoms with Crippen molar-refractivity contribution in [3.05, 3.63) is 48.5 Å². The molecule has 3 rings (SSSR count). The van der Waals surface area contributed by atoms with E-state index in [2.05, 4.69) is 15.4 Å². The first-order valence-corrected chi connectivity index (χ1v) is 10.7. The zero-order chi connectivity index (χ0) is 22.7. The Morgan fingerprint density at radius 3 is 1.97 bits per heavy atom. The van der Waals surface area contributed by atoms with Crippen LogP contribution in [0.25, 0.3) is 0 Å². The number of carbonyl (C=O) groups excluding carboxylic acids is 1. The van der Waals surface area contributed by atoms with Gasteiger partial charge < -0.3 is 15.4 Å². The maximum atomic E-state index is 13.2. The molecule has 0 saturated carbocycles. The lowest BCUT2D eigenvalue weighted by atomic mass is 9.96. The summed E-state index contributed by atoms with van der Waals surface area (Å²) in [4.78, 5) is 12.2. The first-order valence-electron chi connectivity index (χ1n) is 9.20. The van der Waals surface area contributed by atoms with Gasteiger partial charge in [0.25, 0.3) is 5.91 Å². The number of hydrogen-bond donors (Lipinski definition) is 4. The minimum Gasteiger partial charge on any atom is -0.406 e. The Bertz CT molecular complexity index is 1030. The summed E-state index contributed by atoms with van der Waals surface area (Å²) in [5.74, 6) is -1.34. The quantitative estimate of drug-likeness (QED) is 0.359. The number of alkyl halides is 3. The van der Waals surface area contributed by atoms with Crippen molar-refractivity contribution in [2.24, 2.45) is 0 Å². The molecule has 4 N–H and O–H groups in total. The van der Waals surface area contributed by atoms with Gasteiger partial charge in [0.1, 0.15) is 5.75 Å². The Morgan fingerprint density at radius 1 is 1.00 bits per heavy atom. The first kappa shape index (κ1) is 25.7. The fraction of sp³-hybridized carbons (Fsp3) is 0.316. The largest absolute Gasteiger partial charge is 0.573 e. The molecule has 1 aliphatic rings. The highest BCUT2D eigenvalue weighted by Crippen LogP contribution is 2.35. The van der Waals surface area contributed by atoms with Crippen molar-refractivity contribution in [2.75, 3.05) is 18.4 Å². The molecule has 1 amide bonds. The molecule has 1 aliphatic heterocycles. The molecule has 1 fully saturated rings. The zero-order valence-corrected chi connectivity index (χ0v) is 18.1. The van der Waals surface area contributed by atoms with Crippen LogP contribution in [-0.2, 0) is 14.6 Å². The van der Waals surface area contributed by atoms with Gasteiger partial charge in [-0.1, -0.05) is 0 Å². The summed E-state index contributed by atoms with van der Waals surface area (Å²) in [7, 11) is -4.11. The highest BCUT2D eigenvalue weighted by molar-refractivity contribution is 7.93. The van der Waals surface area contributed by atoms with Crippen LogP contribution in [0.3, 0.4) is 0 Å². The molecule has 1 heterocycles. The number of benzene rings is 2. The summed E-state index contributed by atoms with van der Waals surface area (Å²) in [6, 6.07) is 10.6. The standard InChI is InChI=1S/C19H20F3N3O5S.ClH/c20-19(21,22)30-15-5-1-13(2-6-15)24-14-3-7-16(8-4-14)31(28,29)18(17(26)25-27)9-11-23-12-10-18;/h1-8,23-24,27H,9-12H2,(H,25,26);1H. The fourth-order valence-corrected chi connectivity index (χ4v) is 5.38. The second-order valence-electron chi connectivity index (χ2n) is 6.91. The number of nitrogens with one attached hydrogen (secondary N) is 3. The van der Waals surface area contributed by atoms with Crippen LogP contribution in [0.4, 0.5) is 24.5 Å². The molecule has 0 spiro atoms. The number of carbonyl (C=O) groups is 1. The molecule has 0 unspecified atom stereocenters. The highest BCUT2D eigenvalue weighted by Gasteiger charge is 2.51. The van der Waals surface area contributed by atoms with E-state index < -0.39 is 26.9 Å². The number of halogens is 4. The van der Waals surface area contributed by atoms with Crippen LogP contribution >= 0.6 is 12.4 Å². The molecular weight excluding hydrogens is 475 g/mol. The predicted molar refractivity (Wildman–Crippen MR) is 112 cm³/mol. The molecule has 0 bridgehead atoms. The van der Waals surface area contributed by atoms with E-state index in [1.807, 2.05) is 0 Å². The van der Waals surface area contributed by atoms with Crippen LogP contribution in [0, 0.1) is 0 Å². The molecule has 0 radical (unpaired) electrons. The number of hydrogen-bond acceptors (Lipinski definition) is 7.